The van der Waals surface area contributed by atoms with Crippen molar-refractivity contribution >= 4 is 49.8 Å². The Balaban J connectivity index is 1.72. The average Bonchev–Trinajstić information content (AvgIpc) is 3.05. The number of nitrogens with zero attached hydrogens (tertiary/aromatic N) is 1. The molecular formula is C18H18BrN3O2S. The van der Waals surface area contributed by atoms with E-state index in [1.165, 1.54) is 0 Å². The highest BCUT2D eigenvalue weighted by atomic mass is 79.9. The van der Waals surface area contributed by atoms with Crippen molar-refractivity contribution in [3.05, 3.63) is 51.1 Å². The van der Waals surface area contributed by atoms with E-state index in [4.69, 9.17) is 10.5 Å². The van der Waals surface area contributed by atoms with Gasteiger partial charge in [0.1, 0.15) is 0 Å². The van der Waals surface area contributed by atoms with Gasteiger partial charge in [-0.25, -0.2) is 4.98 Å². The number of aromatic nitrogens is 1. The van der Waals surface area contributed by atoms with Crippen molar-refractivity contribution in [2.45, 2.75) is 12.3 Å². The summed E-state index contributed by atoms with van der Waals surface area (Å²) in [5.41, 5.74) is 7.33. The van der Waals surface area contributed by atoms with Crippen LogP contribution in [0.15, 0.2) is 46.3 Å². The molecule has 0 saturated heterocycles. The van der Waals surface area contributed by atoms with Crippen LogP contribution >= 0.6 is 27.3 Å². The first-order valence-electron chi connectivity index (χ1n) is 7.79. The molecule has 2 heterocycles. The van der Waals surface area contributed by atoms with Crippen LogP contribution in [0.5, 0.6) is 5.88 Å². The zero-order valence-electron chi connectivity index (χ0n) is 13.7. The molecule has 1 aromatic carbocycles. The van der Waals surface area contributed by atoms with Crippen LogP contribution in [0.4, 0.5) is 5.69 Å². The number of carbonyl (C=O) groups excluding carboxylic acids is 1. The predicted molar refractivity (Wildman–Crippen MR) is 105 cm³/mol. The van der Waals surface area contributed by atoms with Gasteiger partial charge in [-0.1, -0.05) is 6.07 Å². The maximum absolute atomic E-state index is 12.4. The molecule has 25 heavy (non-hydrogen) atoms. The summed E-state index contributed by atoms with van der Waals surface area (Å²) < 4.78 is 6.18. The highest BCUT2D eigenvalue weighted by Crippen LogP contribution is 2.30. The Kier molecular flexibility index (Phi) is 5.67. The number of amides is 1. The molecule has 0 bridgehead atoms. The van der Waals surface area contributed by atoms with E-state index in [2.05, 4.69) is 26.2 Å². The molecule has 0 spiro atoms. The fourth-order valence-electron chi connectivity index (χ4n) is 2.57. The van der Waals surface area contributed by atoms with Crippen LogP contribution in [0.1, 0.15) is 17.2 Å². The smallest absolute Gasteiger partial charge is 0.225 e. The van der Waals surface area contributed by atoms with E-state index in [1.807, 2.05) is 42.5 Å². The molecular weight excluding hydrogens is 402 g/mol. The molecule has 5 nitrogen and oxygen atoms in total. The fraction of sp³-hybridized carbons (Fsp3) is 0.222. The van der Waals surface area contributed by atoms with E-state index in [0.717, 1.165) is 19.6 Å². The minimum Gasteiger partial charge on any atom is -0.481 e. The van der Waals surface area contributed by atoms with Crippen LogP contribution < -0.4 is 15.8 Å². The standard InChI is InChI=1S/C18H18BrN3O2S/c1-24-18-7-3-11-2-4-13(9-14(11)22-18)21-17(23)8-12(10-20)15-5-6-16(19)25-15/h2-7,9,12H,8,10,20H2,1H3,(H,21,23). The van der Waals surface area contributed by atoms with Gasteiger partial charge < -0.3 is 15.8 Å². The number of pyridine rings is 1. The minimum absolute atomic E-state index is 0.00924. The first-order valence-corrected chi connectivity index (χ1v) is 9.40. The lowest BCUT2D eigenvalue weighted by atomic mass is 10.0. The third-order valence-electron chi connectivity index (χ3n) is 3.87. The fourth-order valence-corrected chi connectivity index (χ4v) is 4.11. The number of thiophene rings is 1. The number of hydrogen-bond donors (Lipinski definition) is 2. The van der Waals surface area contributed by atoms with Gasteiger partial charge in [0.15, 0.2) is 0 Å². The summed E-state index contributed by atoms with van der Waals surface area (Å²) in [5, 5.41) is 3.92. The number of benzene rings is 1. The topological polar surface area (TPSA) is 77.2 Å². The number of methoxy groups -OCH3 is 1. The van der Waals surface area contributed by atoms with Crippen LogP contribution in [0.2, 0.25) is 0 Å². The number of nitrogens with one attached hydrogen (secondary N) is 1. The quantitative estimate of drug-likeness (QED) is 0.629. The summed E-state index contributed by atoms with van der Waals surface area (Å²) in [4.78, 5) is 17.9. The van der Waals surface area contributed by atoms with Gasteiger partial charge in [0.25, 0.3) is 0 Å². The zero-order chi connectivity index (χ0) is 17.8. The van der Waals surface area contributed by atoms with E-state index in [9.17, 15) is 4.79 Å². The van der Waals surface area contributed by atoms with Crippen LogP contribution in [0.3, 0.4) is 0 Å². The van der Waals surface area contributed by atoms with Gasteiger partial charge in [-0.3, -0.25) is 4.79 Å². The third kappa shape index (κ3) is 4.36. The maximum atomic E-state index is 12.4. The number of nitrogens with two attached hydrogens (primary N) is 1. The summed E-state index contributed by atoms with van der Waals surface area (Å²) in [6.45, 7) is 0.427. The third-order valence-corrected chi connectivity index (χ3v) is 5.66. The van der Waals surface area contributed by atoms with E-state index in [0.29, 0.717) is 24.5 Å². The van der Waals surface area contributed by atoms with Crippen molar-refractivity contribution in [1.82, 2.24) is 4.98 Å². The van der Waals surface area contributed by atoms with E-state index >= 15 is 0 Å². The van der Waals surface area contributed by atoms with Crippen molar-refractivity contribution in [3.8, 4) is 5.88 Å². The second-order valence-corrected chi connectivity index (χ2v) is 8.08. The van der Waals surface area contributed by atoms with Crippen LogP contribution in [0.25, 0.3) is 10.9 Å². The molecule has 130 valence electrons. The number of halogens is 1. The highest BCUT2D eigenvalue weighted by Gasteiger charge is 2.17. The summed E-state index contributed by atoms with van der Waals surface area (Å²) in [6, 6.07) is 13.4. The molecule has 1 atom stereocenters. The van der Waals surface area contributed by atoms with Gasteiger partial charge in [0.05, 0.1) is 16.4 Å². The number of carbonyl (C=O) groups is 1. The van der Waals surface area contributed by atoms with Gasteiger partial charge in [-0.2, -0.15) is 0 Å². The molecule has 1 unspecified atom stereocenters. The Morgan fingerprint density at radius 2 is 2.12 bits per heavy atom. The lowest BCUT2D eigenvalue weighted by Gasteiger charge is -2.13. The molecule has 0 aliphatic carbocycles. The first kappa shape index (κ1) is 17.8. The van der Waals surface area contributed by atoms with E-state index in [-0.39, 0.29) is 11.8 Å². The number of hydrogen-bond acceptors (Lipinski definition) is 5. The largest absolute Gasteiger partial charge is 0.481 e. The molecule has 1 amide bonds. The first-order chi connectivity index (χ1) is 12.1. The molecule has 0 fully saturated rings. The highest BCUT2D eigenvalue weighted by molar-refractivity contribution is 9.11. The SMILES string of the molecule is COc1ccc2ccc(NC(=O)CC(CN)c3ccc(Br)s3)cc2n1. The Labute approximate surface area is 158 Å². The lowest BCUT2D eigenvalue weighted by Crippen LogP contribution is -2.20. The molecule has 3 rings (SSSR count). The van der Waals surface area contributed by atoms with Gasteiger partial charge in [0.2, 0.25) is 11.8 Å². The normalized spacial score (nSPS) is 12.1. The molecule has 7 heteroatoms. The second-order valence-electron chi connectivity index (χ2n) is 5.59. The molecule has 3 aromatic rings. The zero-order valence-corrected chi connectivity index (χ0v) is 16.1. The van der Waals surface area contributed by atoms with Crippen molar-refractivity contribution in [3.63, 3.8) is 0 Å². The lowest BCUT2D eigenvalue weighted by molar-refractivity contribution is -0.116. The van der Waals surface area contributed by atoms with Gasteiger partial charge in [0, 0.05) is 40.9 Å². The van der Waals surface area contributed by atoms with Crippen LogP contribution in [-0.2, 0) is 4.79 Å². The number of rotatable bonds is 6. The van der Waals surface area contributed by atoms with Crippen molar-refractivity contribution < 1.29 is 9.53 Å². The molecule has 0 aliphatic rings. The van der Waals surface area contributed by atoms with Gasteiger partial charge in [-0.15, -0.1) is 11.3 Å². The van der Waals surface area contributed by atoms with E-state index < -0.39 is 0 Å². The van der Waals surface area contributed by atoms with Crippen LogP contribution in [-0.4, -0.2) is 24.5 Å². The second kappa shape index (κ2) is 7.95. The molecule has 2 aromatic heterocycles. The molecule has 3 N–H and O–H groups in total. The average molecular weight is 420 g/mol. The predicted octanol–water partition coefficient (Wildman–Crippen LogP) is 4.14. The Bertz CT molecular complexity index is 897. The Morgan fingerprint density at radius 1 is 1.32 bits per heavy atom. The van der Waals surface area contributed by atoms with Gasteiger partial charge in [-0.05, 0) is 46.3 Å². The van der Waals surface area contributed by atoms with E-state index in [1.54, 1.807) is 18.4 Å². The molecule has 0 aliphatic heterocycles. The summed E-state index contributed by atoms with van der Waals surface area (Å²) in [5.74, 6) is 0.486. The minimum atomic E-state index is -0.0674. The molecule has 0 radical (unpaired) electrons. The van der Waals surface area contributed by atoms with Crippen molar-refractivity contribution in [2.24, 2.45) is 5.73 Å². The Hall–Kier alpha value is -1.96. The number of anilines is 1. The Morgan fingerprint density at radius 3 is 2.80 bits per heavy atom. The molecule has 0 saturated carbocycles. The van der Waals surface area contributed by atoms with Crippen molar-refractivity contribution in [1.29, 1.82) is 0 Å². The summed E-state index contributed by atoms with van der Waals surface area (Å²) >= 11 is 5.05. The van der Waals surface area contributed by atoms with Gasteiger partial charge >= 0.3 is 0 Å². The van der Waals surface area contributed by atoms with Crippen molar-refractivity contribution in [2.75, 3.05) is 19.0 Å². The summed E-state index contributed by atoms with van der Waals surface area (Å²) in [7, 11) is 1.58. The van der Waals surface area contributed by atoms with Crippen LogP contribution in [0, 0.1) is 0 Å². The number of fused-ring (bicyclic) bond motifs is 1. The monoisotopic (exact) mass is 419 g/mol. The maximum Gasteiger partial charge on any atom is 0.225 e. The summed E-state index contributed by atoms with van der Waals surface area (Å²) in [6.07, 6.45) is 0.340. The number of ether oxygens (including phenoxy) is 1.